The predicted molar refractivity (Wildman–Crippen MR) is 92.0 cm³/mol. The number of pyridine rings is 1. The van der Waals surface area contributed by atoms with Crippen molar-refractivity contribution in [3.05, 3.63) is 70.7 Å². The smallest absolute Gasteiger partial charge is 0.225 e. The number of carbonyl (C=O) groups excluding carboxylic acids is 1. The molecule has 0 spiro atoms. The Labute approximate surface area is 143 Å². The molecule has 3 aromatic rings. The van der Waals surface area contributed by atoms with Crippen LogP contribution in [0.1, 0.15) is 16.1 Å². The highest BCUT2D eigenvalue weighted by atomic mass is 32.1. The standard InChI is InChI=1S/C18H16FN3OS/c1-12-16(24-18(22-12)14-6-8-20-9-7-14)10-17(23)21-11-13-2-4-15(19)5-3-13/h2-9H,10-11H2,1H3,(H,21,23). The molecule has 4 nitrogen and oxygen atoms in total. The fourth-order valence-electron chi connectivity index (χ4n) is 2.22. The topological polar surface area (TPSA) is 54.9 Å². The minimum atomic E-state index is -0.283. The average molecular weight is 341 g/mol. The Kier molecular flexibility index (Phi) is 4.96. The Hall–Kier alpha value is -2.60. The maximum atomic E-state index is 12.9. The van der Waals surface area contributed by atoms with Crippen LogP contribution in [-0.2, 0) is 17.8 Å². The number of aromatic nitrogens is 2. The lowest BCUT2D eigenvalue weighted by Crippen LogP contribution is -2.24. The van der Waals surface area contributed by atoms with Crippen molar-refractivity contribution in [2.75, 3.05) is 0 Å². The first kappa shape index (κ1) is 16.3. The summed E-state index contributed by atoms with van der Waals surface area (Å²) in [6.45, 7) is 2.29. The zero-order valence-electron chi connectivity index (χ0n) is 13.1. The summed E-state index contributed by atoms with van der Waals surface area (Å²) >= 11 is 1.52. The van der Waals surface area contributed by atoms with Gasteiger partial charge in [-0.15, -0.1) is 11.3 Å². The Morgan fingerprint density at radius 1 is 1.17 bits per heavy atom. The van der Waals surface area contributed by atoms with Crippen LogP contribution in [0.3, 0.4) is 0 Å². The maximum Gasteiger partial charge on any atom is 0.225 e. The van der Waals surface area contributed by atoms with Gasteiger partial charge in [0.25, 0.3) is 0 Å². The second-order valence-corrected chi connectivity index (χ2v) is 6.43. The van der Waals surface area contributed by atoms with Crippen molar-refractivity contribution in [1.82, 2.24) is 15.3 Å². The highest BCUT2D eigenvalue weighted by Gasteiger charge is 2.13. The third-order valence-corrected chi connectivity index (χ3v) is 4.75. The van der Waals surface area contributed by atoms with Crippen LogP contribution in [0.4, 0.5) is 4.39 Å². The number of nitrogens with one attached hydrogen (secondary N) is 1. The number of halogens is 1. The second-order valence-electron chi connectivity index (χ2n) is 5.34. The first-order valence-electron chi connectivity index (χ1n) is 7.49. The van der Waals surface area contributed by atoms with E-state index in [1.54, 1.807) is 24.5 Å². The van der Waals surface area contributed by atoms with Crippen molar-refractivity contribution >= 4 is 17.2 Å². The van der Waals surface area contributed by atoms with Crippen molar-refractivity contribution in [2.24, 2.45) is 0 Å². The molecule has 2 aromatic heterocycles. The Morgan fingerprint density at radius 3 is 2.58 bits per heavy atom. The van der Waals surface area contributed by atoms with Gasteiger partial charge in [-0.1, -0.05) is 12.1 Å². The van der Waals surface area contributed by atoms with Gasteiger partial charge in [-0.3, -0.25) is 9.78 Å². The minimum Gasteiger partial charge on any atom is -0.352 e. The van der Waals surface area contributed by atoms with Gasteiger partial charge >= 0.3 is 0 Å². The van der Waals surface area contributed by atoms with Crippen LogP contribution in [0.25, 0.3) is 10.6 Å². The molecule has 1 aromatic carbocycles. The van der Waals surface area contributed by atoms with Crippen LogP contribution >= 0.6 is 11.3 Å². The number of hydrogen-bond acceptors (Lipinski definition) is 4. The molecule has 0 bridgehead atoms. The van der Waals surface area contributed by atoms with Crippen molar-refractivity contribution in [2.45, 2.75) is 19.9 Å². The number of benzene rings is 1. The lowest BCUT2D eigenvalue weighted by Gasteiger charge is -2.04. The normalized spacial score (nSPS) is 10.6. The Bertz CT molecular complexity index is 831. The van der Waals surface area contributed by atoms with Crippen LogP contribution in [0.2, 0.25) is 0 Å². The highest BCUT2D eigenvalue weighted by molar-refractivity contribution is 7.15. The highest BCUT2D eigenvalue weighted by Crippen LogP contribution is 2.27. The Morgan fingerprint density at radius 2 is 1.88 bits per heavy atom. The fraction of sp³-hybridized carbons (Fsp3) is 0.167. The van der Waals surface area contributed by atoms with Crippen molar-refractivity contribution < 1.29 is 9.18 Å². The Balaban J connectivity index is 1.62. The SMILES string of the molecule is Cc1nc(-c2ccncc2)sc1CC(=O)NCc1ccc(F)cc1. The van der Waals surface area contributed by atoms with E-state index in [1.165, 1.54) is 23.5 Å². The summed E-state index contributed by atoms with van der Waals surface area (Å²) in [6.07, 6.45) is 3.73. The van der Waals surface area contributed by atoms with Crippen LogP contribution in [0.15, 0.2) is 48.8 Å². The summed E-state index contributed by atoms with van der Waals surface area (Å²) in [5.74, 6) is -0.360. The molecule has 6 heteroatoms. The zero-order chi connectivity index (χ0) is 16.9. The van der Waals surface area contributed by atoms with Crippen LogP contribution in [0.5, 0.6) is 0 Å². The molecule has 0 saturated carbocycles. The number of rotatable bonds is 5. The largest absolute Gasteiger partial charge is 0.352 e. The summed E-state index contributed by atoms with van der Waals surface area (Å²) in [7, 11) is 0. The van der Waals surface area contributed by atoms with Crippen molar-refractivity contribution in [3.63, 3.8) is 0 Å². The van der Waals surface area contributed by atoms with Crippen molar-refractivity contribution in [1.29, 1.82) is 0 Å². The number of aryl methyl sites for hydroxylation is 1. The third kappa shape index (κ3) is 4.02. The van der Waals surface area contributed by atoms with Gasteiger partial charge in [-0.2, -0.15) is 0 Å². The lowest BCUT2D eigenvalue weighted by molar-refractivity contribution is -0.120. The summed E-state index contributed by atoms with van der Waals surface area (Å²) in [4.78, 5) is 21.6. The first-order chi connectivity index (χ1) is 11.6. The van der Waals surface area contributed by atoms with E-state index < -0.39 is 0 Å². The van der Waals surface area contributed by atoms with E-state index >= 15 is 0 Å². The summed E-state index contributed by atoms with van der Waals surface area (Å²) in [6, 6.07) is 9.89. The average Bonchev–Trinajstić information content (AvgIpc) is 2.96. The number of thiazole rings is 1. The lowest BCUT2D eigenvalue weighted by atomic mass is 10.2. The van der Waals surface area contributed by atoms with Gasteiger partial charge in [0.2, 0.25) is 5.91 Å². The molecule has 0 radical (unpaired) electrons. The number of amides is 1. The van der Waals surface area contributed by atoms with E-state index in [0.717, 1.165) is 26.7 Å². The van der Waals surface area contributed by atoms with Crippen molar-refractivity contribution in [3.8, 4) is 10.6 Å². The van der Waals surface area contributed by atoms with Crippen LogP contribution < -0.4 is 5.32 Å². The van der Waals surface area contributed by atoms with Gasteiger partial charge in [0.05, 0.1) is 12.1 Å². The number of hydrogen-bond donors (Lipinski definition) is 1. The number of nitrogens with zero attached hydrogens (tertiary/aromatic N) is 2. The molecule has 0 saturated heterocycles. The molecule has 3 rings (SSSR count). The van der Waals surface area contributed by atoms with Gasteiger partial charge in [-0.25, -0.2) is 9.37 Å². The van der Waals surface area contributed by atoms with E-state index in [4.69, 9.17) is 0 Å². The van der Waals surface area contributed by atoms with Gasteiger partial charge in [0.15, 0.2) is 0 Å². The molecule has 122 valence electrons. The molecule has 0 aliphatic rings. The molecule has 2 heterocycles. The fourth-order valence-corrected chi connectivity index (χ4v) is 3.29. The third-order valence-electron chi connectivity index (χ3n) is 3.54. The molecular weight excluding hydrogens is 325 g/mol. The summed E-state index contributed by atoms with van der Waals surface area (Å²) in [5, 5.41) is 3.74. The van der Waals surface area contributed by atoms with Gasteiger partial charge in [0, 0.05) is 29.4 Å². The zero-order valence-corrected chi connectivity index (χ0v) is 13.9. The maximum absolute atomic E-state index is 12.9. The molecule has 0 aliphatic carbocycles. The summed E-state index contributed by atoms with van der Waals surface area (Å²) in [5.41, 5.74) is 2.73. The minimum absolute atomic E-state index is 0.0765. The predicted octanol–water partition coefficient (Wildman–Crippen LogP) is 3.51. The molecule has 0 atom stereocenters. The molecular formula is C18H16FN3OS. The van der Waals surface area contributed by atoms with Gasteiger partial charge < -0.3 is 5.32 Å². The van der Waals surface area contributed by atoms with Crippen LogP contribution in [0, 0.1) is 12.7 Å². The number of carbonyl (C=O) groups is 1. The van der Waals surface area contributed by atoms with E-state index in [-0.39, 0.29) is 18.1 Å². The molecule has 0 aliphatic heterocycles. The van der Waals surface area contributed by atoms with Crippen LogP contribution in [-0.4, -0.2) is 15.9 Å². The quantitative estimate of drug-likeness (QED) is 0.773. The van der Waals surface area contributed by atoms with Gasteiger partial charge in [-0.05, 0) is 36.8 Å². The second kappa shape index (κ2) is 7.31. The van der Waals surface area contributed by atoms with E-state index in [0.29, 0.717) is 6.54 Å². The van der Waals surface area contributed by atoms with E-state index in [1.807, 2.05) is 19.1 Å². The molecule has 1 N–H and O–H groups in total. The van der Waals surface area contributed by atoms with E-state index in [9.17, 15) is 9.18 Å². The van der Waals surface area contributed by atoms with Gasteiger partial charge in [0.1, 0.15) is 10.8 Å². The van der Waals surface area contributed by atoms with E-state index in [2.05, 4.69) is 15.3 Å². The molecule has 0 unspecified atom stereocenters. The first-order valence-corrected chi connectivity index (χ1v) is 8.31. The monoisotopic (exact) mass is 341 g/mol. The molecule has 1 amide bonds. The molecule has 0 fully saturated rings. The molecule has 24 heavy (non-hydrogen) atoms. The summed E-state index contributed by atoms with van der Waals surface area (Å²) < 4.78 is 12.9.